The Morgan fingerprint density at radius 2 is 2.12 bits per heavy atom. The van der Waals surface area contributed by atoms with Gasteiger partial charge in [-0.25, -0.2) is 4.68 Å². The summed E-state index contributed by atoms with van der Waals surface area (Å²) in [5.41, 5.74) is 10.3. The van der Waals surface area contributed by atoms with Crippen LogP contribution < -0.4 is 0 Å². The molecule has 0 aliphatic carbocycles. The van der Waals surface area contributed by atoms with E-state index in [0.717, 1.165) is 17.7 Å². The minimum atomic E-state index is 0.469. The summed E-state index contributed by atoms with van der Waals surface area (Å²) < 4.78 is 1.81. The van der Waals surface area contributed by atoms with Gasteiger partial charge in [-0.05, 0) is 29.6 Å². The van der Waals surface area contributed by atoms with Crippen molar-refractivity contribution in [3.8, 4) is 5.69 Å². The molecule has 80 valence electrons. The first-order valence-corrected chi connectivity index (χ1v) is 5.00. The average Bonchev–Trinajstić information content (AvgIpc) is 2.79. The Labute approximate surface area is 93.0 Å². The molecule has 0 N–H and O–H groups in total. The second-order valence-corrected chi connectivity index (χ2v) is 3.33. The first-order valence-electron chi connectivity index (χ1n) is 5.00. The van der Waals surface area contributed by atoms with E-state index in [1.165, 1.54) is 0 Å². The number of rotatable bonds is 4. The van der Waals surface area contributed by atoms with Crippen LogP contribution in [0.2, 0.25) is 0 Å². The van der Waals surface area contributed by atoms with Crippen LogP contribution in [0.25, 0.3) is 16.1 Å². The van der Waals surface area contributed by atoms with Crippen LogP contribution in [0.1, 0.15) is 5.56 Å². The Morgan fingerprint density at radius 3 is 2.88 bits per heavy atom. The van der Waals surface area contributed by atoms with Crippen molar-refractivity contribution in [1.29, 1.82) is 0 Å². The zero-order valence-electron chi connectivity index (χ0n) is 8.69. The van der Waals surface area contributed by atoms with E-state index < -0.39 is 0 Å². The molecule has 0 saturated carbocycles. The molecule has 0 atom stereocenters. The minimum absolute atomic E-state index is 0.469. The first-order chi connectivity index (χ1) is 7.90. The highest BCUT2D eigenvalue weighted by atomic mass is 15.3. The predicted octanol–water partition coefficient (Wildman–Crippen LogP) is 2.73. The highest BCUT2D eigenvalue weighted by Gasteiger charge is 1.99. The van der Waals surface area contributed by atoms with Gasteiger partial charge in [0, 0.05) is 17.7 Å². The topological polar surface area (TPSA) is 66.6 Å². The van der Waals surface area contributed by atoms with Crippen LogP contribution in [-0.2, 0) is 6.42 Å². The van der Waals surface area contributed by atoms with E-state index in [1.54, 1.807) is 6.20 Å². The fraction of sp³-hybridized carbons (Fsp3) is 0.182. The molecular formula is C11H11N5. The molecule has 0 radical (unpaired) electrons. The predicted molar refractivity (Wildman–Crippen MR) is 61.3 cm³/mol. The van der Waals surface area contributed by atoms with Crippen molar-refractivity contribution >= 4 is 0 Å². The van der Waals surface area contributed by atoms with E-state index in [0.29, 0.717) is 6.54 Å². The smallest absolute Gasteiger partial charge is 0.0645 e. The van der Waals surface area contributed by atoms with Crippen LogP contribution in [0.4, 0.5) is 0 Å². The van der Waals surface area contributed by atoms with Crippen LogP contribution in [0.3, 0.4) is 0 Å². The van der Waals surface area contributed by atoms with Gasteiger partial charge >= 0.3 is 0 Å². The van der Waals surface area contributed by atoms with Gasteiger partial charge in [0.25, 0.3) is 0 Å². The van der Waals surface area contributed by atoms with E-state index in [2.05, 4.69) is 15.1 Å². The van der Waals surface area contributed by atoms with Gasteiger partial charge in [-0.2, -0.15) is 5.10 Å². The second-order valence-electron chi connectivity index (χ2n) is 3.33. The molecule has 0 bridgehead atoms. The summed E-state index contributed by atoms with van der Waals surface area (Å²) in [6.07, 6.45) is 4.46. The van der Waals surface area contributed by atoms with Gasteiger partial charge in [0.1, 0.15) is 0 Å². The summed E-state index contributed by atoms with van der Waals surface area (Å²) in [5, 5.41) is 7.74. The molecule has 0 amide bonds. The molecule has 0 fully saturated rings. The first kappa shape index (κ1) is 10.3. The molecule has 2 aromatic rings. The summed E-state index contributed by atoms with van der Waals surface area (Å²) in [6, 6.07) is 9.89. The number of nitrogens with zero attached hydrogens (tertiary/aromatic N) is 5. The molecular weight excluding hydrogens is 202 g/mol. The lowest BCUT2D eigenvalue weighted by Gasteiger charge is -1.98. The largest absolute Gasteiger partial charge is 0.241 e. The lowest BCUT2D eigenvalue weighted by atomic mass is 10.2. The summed E-state index contributed by atoms with van der Waals surface area (Å²) in [6.45, 7) is 0.469. The molecule has 5 heteroatoms. The zero-order valence-corrected chi connectivity index (χ0v) is 8.69. The van der Waals surface area contributed by atoms with Crippen LogP contribution in [-0.4, -0.2) is 16.3 Å². The normalized spacial score (nSPS) is 9.75. The molecule has 2 rings (SSSR count). The lowest BCUT2D eigenvalue weighted by Crippen LogP contribution is -1.93. The van der Waals surface area contributed by atoms with E-state index in [-0.39, 0.29) is 0 Å². The van der Waals surface area contributed by atoms with Gasteiger partial charge in [0.15, 0.2) is 0 Å². The van der Waals surface area contributed by atoms with Crippen molar-refractivity contribution in [3.63, 3.8) is 0 Å². The van der Waals surface area contributed by atoms with E-state index in [1.807, 2.05) is 41.2 Å². The molecule has 0 aliphatic heterocycles. The van der Waals surface area contributed by atoms with Gasteiger partial charge < -0.3 is 0 Å². The van der Waals surface area contributed by atoms with Crippen LogP contribution in [0.5, 0.6) is 0 Å². The molecule has 1 heterocycles. The summed E-state index contributed by atoms with van der Waals surface area (Å²) >= 11 is 0. The number of hydrogen-bond acceptors (Lipinski definition) is 2. The minimum Gasteiger partial charge on any atom is -0.241 e. The molecule has 1 aromatic carbocycles. The lowest BCUT2D eigenvalue weighted by molar-refractivity contribution is 0.879. The quantitative estimate of drug-likeness (QED) is 0.437. The van der Waals surface area contributed by atoms with Gasteiger partial charge in [0.05, 0.1) is 11.9 Å². The number of aromatic nitrogens is 2. The molecule has 0 saturated heterocycles. The Morgan fingerprint density at radius 1 is 1.31 bits per heavy atom. The van der Waals surface area contributed by atoms with Gasteiger partial charge in [-0.3, -0.25) is 0 Å². The fourth-order valence-corrected chi connectivity index (χ4v) is 1.43. The van der Waals surface area contributed by atoms with E-state index >= 15 is 0 Å². The Bertz CT molecular complexity index is 496. The van der Waals surface area contributed by atoms with Crippen molar-refractivity contribution in [1.82, 2.24) is 9.78 Å². The SMILES string of the molecule is [N-]=[N+]=NCCc1cnn(-c2ccccc2)c1. The Hall–Kier alpha value is -2.26. The molecule has 5 nitrogen and oxygen atoms in total. The van der Waals surface area contributed by atoms with Gasteiger partial charge in [0.2, 0.25) is 0 Å². The van der Waals surface area contributed by atoms with Crippen molar-refractivity contribution in [3.05, 3.63) is 58.7 Å². The molecule has 16 heavy (non-hydrogen) atoms. The molecule has 0 aliphatic rings. The second kappa shape index (κ2) is 5.00. The zero-order chi connectivity index (χ0) is 11.2. The molecule has 1 aromatic heterocycles. The van der Waals surface area contributed by atoms with Crippen molar-refractivity contribution < 1.29 is 0 Å². The summed E-state index contributed by atoms with van der Waals surface area (Å²) in [5.74, 6) is 0. The average molecular weight is 213 g/mol. The number of hydrogen-bond donors (Lipinski definition) is 0. The third-order valence-corrected chi connectivity index (χ3v) is 2.22. The Kier molecular flexibility index (Phi) is 3.21. The Balaban J connectivity index is 2.11. The van der Waals surface area contributed by atoms with Crippen LogP contribution in [0, 0.1) is 0 Å². The van der Waals surface area contributed by atoms with E-state index in [4.69, 9.17) is 5.53 Å². The highest BCUT2D eigenvalue weighted by molar-refractivity contribution is 5.30. The van der Waals surface area contributed by atoms with Crippen molar-refractivity contribution in [2.45, 2.75) is 6.42 Å². The highest BCUT2D eigenvalue weighted by Crippen LogP contribution is 2.07. The monoisotopic (exact) mass is 213 g/mol. The fourth-order valence-electron chi connectivity index (χ4n) is 1.43. The summed E-state index contributed by atoms with van der Waals surface area (Å²) in [7, 11) is 0. The number of para-hydroxylation sites is 1. The number of azide groups is 1. The molecule has 0 unspecified atom stereocenters. The molecule has 0 spiro atoms. The maximum atomic E-state index is 8.16. The third-order valence-electron chi connectivity index (χ3n) is 2.22. The van der Waals surface area contributed by atoms with Crippen LogP contribution >= 0.6 is 0 Å². The maximum absolute atomic E-state index is 8.16. The van der Waals surface area contributed by atoms with Gasteiger partial charge in [-0.15, -0.1) is 0 Å². The maximum Gasteiger partial charge on any atom is 0.0645 e. The van der Waals surface area contributed by atoms with Gasteiger partial charge in [-0.1, -0.05) is 23.3 Å². The summed E-state index contributed by atoms with van der Waals surface area (Å²) in [4.78, 5) is 2.71. The van der Waals surface area contributed by atoms with Crippen molar-refractivity contribution in [2.24, 2.45) is 5.11 Å². The third kappa shape index (κ3) is 2.40. The standard InChI is InChI=1S/C11H11N5/c12-15-13-7-6-10-8-14-16(9-10)11-4-2-1-3-5-11/h1-5,8-9H,6-7H2. The number of benzene rings is 1. The van der Waals surface area contributed by atoms with Crippen LogP contribution in [0.15, 0.2) is 47.8 Å². The van der Waals surface area contributed by atoms with Crippen molar-refractivity contribution in [2.75, 3.05) is 6.54 Å². The van der Waals surface area contributed by atoms with E-state index in [9.17, 15) is 0 Å².